The second kappa shape index (κ2) is 12.2. The van der Waals surface area contributed by atoms with Crippen LogP contribution in [0, 0.1) is 5.82 Å². The summed E-state index contributed by atoms with van der Waals surface area (Å²) >= 11 is 0. The lowest BCUT2D eigenvalue weighted by atomic mass is 10.1. The van der Waals surface area contributed by atoms with E-state index in [1.165, 1.54) is 10.9 Å². The number of hydrogen-bond donors (Lipinski definition) is 3. The van der Waals surface area contributed by atoms with Gasteiger partial charge < -0.3 is 25.4 Å². The van der Waals surface area contributed by atoms with Crippen molar-refractivity contribution in [2.24, 2.45) is 4.99 Å². The van der Waals surface area contributed by atoms with Crippen LogP contribution in [0.2, 0.25) is 0 Å². The van der Waals surface area contributed by atoms with E-state index in [0.717, 1.165) is 56.8 Å². The molecule has 2 aromatic carbocycles. The smallest absolute Gasteiger partial charge is 0.191 e. The van der Waals surface area contributed by atoms with E-state index in [9.17, 15) is 4.39 Å². The number of nitrogens with one attached hydrogen (secondary N) is 3. The fourth-order valence-electron chi connectivity index (χ4n) is 4.28. The minimum atomic E-state index is -0.156. The van der Waals surface area contributed by atoms with Gasteiger partial charge in [0.1, 0.15) is 5.82 Å². The number of rotatable bonds is 7. The zero-order chi connectivity index (χ0) is 22.3. The summed E-state index contributed by atoms with van der Waals surface area (Å²) in [7, 11) is 1.75. The highest BCUT2D eigenvalue weighted by molar-refractivity contribution is 14.0. The maximum absolute atomic E-state index is 14.8. The Balaban J connectivity index is 0.00000306. The van der Waals surface area contributed by atoms with Gasteiger partial charge in [-0.25, -0.2) is 4.39 Å². The van der Waals surface area contributed by atoms with E-state index >= 15 is 0 Å². The van der Waals surface area contributed by atoms with Crippen LogP contribution in [0.25, 0.3) is 10.9 Å². The number of nitrogens with zero attached hydrogens (tertiary/aromatic N) is 3. The van der Waals surface area contributed by atoms with Crippen LogP contribution in [0.3, 0.4) is 0 Å². The monoisotopic (exact) mass is 564 g/mol. The van der Waals surface area contributed by atoms with Crippen molar-refractivity contribution < 1.29 is 4.39 Å². The molecule has 6 nitrogen and oxygen atoms in total. The summed E-state index contributed by atoms with van der Waals surface area (Å²) in [5.74, 6) is 0.557. The zero-order valence-electron chi connectivity index (χ0n) is 19.4. The normalized spacial score (nSPS) is 14.9. The lowest BCUT2D eigenvalue weighted by Gasteiger charge is -2.35. The molecule has 1 saturated heterocycles. The largest absolute Gasteiger partial charge is 0.367 e. The minimum Gasteiger partial charge on any atom is -0.367 e. The molecule has 4 rings (SSSR count). The second-order valence-corrected chi connectivity index (χ2v) is 8.17. The Hall–Kier alpha value is -2.33. The van der Waals surface area contributed by atoms with Crippen LogP contribution in [0.1, 0.15) is 18.1 Å². The van der Waals surface area contributed by atoms with E-state index in [-0.39, 0.29) is 29.8 Å². The number of anilines is 1. The highest BCUT2D eigenvalue weighted by atomic mass is 127. The van der Waals surface area contributed by atoms with Gasteiger partial charge in [-0.2, -0.15) is 0 Å². The number of H-pyrrole nitrogens is 1. The molecule has 0 atom stereocenters. The molecule has 2 heterocycles. The topological polar surface area (TPSA) is 58.7 Å². The molecule has 1 aromatic heterocycles. The van der Waals surface area contributed by atoms with Crippen LogP contribution in [-0.2, 0) is 13.0 Å². The first-order chi connectivity index (χ1) is 15.7. The Labute approximate surface area is 212 Å². The van der Waals surface area contributed by atoms with Gasteiger partial charge in [0.2, 0.25) is 0 Å². The molecule has 0 aliphatic carbocycles. The van der Waals surface area contributed by atoms with Gasteiger partial charge in [-0.15, -0.1) is 24.0 Å². The van der Waals surface area contributed by atoms with Crippen molar-refractivity contribution in [2.75, 3.05) is 51.2 Å². The molecule has 178 valence electrons. The van der Waals surface area contributed by atoms with Gasteiger partial charge in [0, 0.05) is 63.4 Å². The number of piperazine rings is 1. The number of guanidine groups is 1. The Bertz CT molecular complexity index is 1060. The summed E-state index contributed by atoms with van der Waals surface area (Å²) in [5.41, 5.74) is 4.03. The second-order valence-electron chi connectivity index (χ2n) is 8.17. The molecule has 0 radical (unpaired) electrons. The Morgan fingerprint density at radius 3 is 2.61 bits per heavy atom. The summed E-state index contributed by atoms with van der Waals surface area (Å²) in [6, 6.07) is 13.8. The van der Waals surface area contributed by atoms with Crippen LogP contribution < -0.4 is 15.5 Å². The average molecular weight is 564 g/mol. The van der Waals surface area contributed by atoms with E-state index in [0.29, 0.717) is 18.2 Å². The molecule has 1 aliphatic heterocycles. The van der Waals surface area contributed by atoms with Crippen LogP contribution in [0.5, 0.6) is 0 Å². The van der Waals surface area contributed by atoms with Crippen molar-refractivity contribution in [3.05, 3.63) is 65.6 Å². The highest BCUT2D eigenvalue weighted by Gasteiger charge is 2.18. The fourth-order valence-corrected chi connectivity index (χ4v) is 4.28. The van der Waals surface area contributed by atoms with E-state index in [4.69, 9.17) is 0 Å². The summed E-state index contributed by atoms with van der Waals surface area (Å²) in [6.45, 7) is 8.22. The van der Waals surface area contributed by atoms with Gasteiger partial charge in [-0.1, -0.05) is 31.2 Å². The first-order valence-electron chi connectivity index (χ1n) is 11.4. The van der Waals surface area contributed by atoms with Gasteiger partial charge in [-0.3, -0.25) is 4.99 Å². The standard InChI is InChI=1S/C25H33FN6.HI/c1-3-31-12-14-32(15-13-31)24-9-8-19(16-22(24)26)17-30-25(27-2)28-11-10-20-18-29-23-7-5-4-6-21(20)23;/h4-9,16,18,29H,3,10-15,17H2,1-2H3,(H2,27,28,30);1H. The molecule has 3 N–H and O–H groups in total. The fraction of sp³-hybridized carbons (Fsp3) is 0.400. The number of para-hydroxylation sites is 1. The predicted molar refractivity (Wildman–Crippen MR) is 146 cm³/mol. The number of likely N-dealkylation sites (N-methyl/N-ethyl adjacent to an activating group) is 1. The van der Waals surface area contributed by atoms with Crippen LogP contribution in [-0.4, -0.2) is 62.2 Å². The average Bonchev–Trinajstić information content (AvgIpc) is 3.24. The molecular weight excluding hydrogens is 530 g/mol. The number of benzene rings is 2. The van der Waals surface area contributed by atoms with Crippen molar-refractivity contribution in [2.45, 2.75) is 19.9 Å². The molecule has 1 aliphatic rings. The Morgan fingerprint density at radius 2 is 1.88 bits per heavy atom. The third-order valence-electron chi connectivity index (χ3n) is 6.22. The van der Waals surface area contributed by atoms with Gasteiger partial charge in [-0.05, 0) is 42.3 Å². The first-order valence-corrected chi connectivity index (χ1v) is 11.4. The van der Waals surface area contributed by atoms with E-state index in [1.807, 2.05) is 18.2 Å². The number of hydrogen-bond acceptors (Lipinski definition) is 3. The van der Waals surface area contributed by atoms with Crippen molar-refractivity contribution in [1.29, 1.82) is 0 Å². The van der Waals surface area contributed by atoms with E-state index in [2.05, 4.69) is 61.7 Å². The summed E-state index contributed by atoms with van der Waals surface area (Å²) in [5, 5.41) is 7.89. The number of halogens is 2. The maximum atomic E-state index is 14.8. The van der Waals surface area contributed by atoms with Gasteiger partial charge in [0.15, 0.2) is 5.96 Å². The van der Waals surface area contributed by atoms with Gasteiger partial charge in [0.05, 0.1) is 5.69 Å². The molecule has 1 fully saturated rings. The van der Waals surface area contributed by atoms with E-state index < -0.39 is 0 Å². The van der Waals surface area contributed by atoms with Crippen LogP contribution in [0.4, 0.5) is 10.1 Å². The first kappa shape index (κ1) is 25.3. The number of aromatic nitrogens is 1. The summed E-state index contributed by atoms with van der Waals surface area (Å²) in [6.07, 6.45) is 2.95. The van der Waals surface area contributed by atoms with Gasteiger partial charge in [0.25, 0.3) is 0 Å². The minimum absolute atomic E-state index is 0. The lowest BCUT2D eigenvalue weighted by Crippen LogP contribution is -2.46. The SMILES string of the molecule is CCN1CCN(c2ccc(CNC(=NC)NCCc3c[nH]c4ccccc34)cc2F)CC1.I. The highest BCUT2D eigenvalue weighted by Crippen LogP contribution is 2.22. The number of fused-ring (bicyclic) bond motifs is 1. The lowest BCUT2D eigenvalue weighted by molar-refractivity contribution is 0.270. The van der Waals surface area contributed by atoms with Crippen LogP contribution >= 0.6 is 24.0 Å². The number of aliphatic imine (C=N–C) groups is 1. The molecular formula is C25H34FIN6. The third-order valence-corrected chi connectivity index (χ3v) is 6.22. The Morgan fingerprint density at radius 1 is 1.09 bits per heavy atom. The van der Waals surface area contributed by atoms with Crippen molar-refractivity contribution in [3.63, 3.8) is 0 Å². The van der Waals surface area contributed by atoms with Crippen molar-refractivity contribution in [1.82, 2.24) is 20.5 Å². The van der Waals surface area contributed by atoms with Gasteiger partial charge >= 0.3 is 0 Å². The maximum Gasteiger partial charge on any atom is 0.191 e. The summed E-state index contributed by atoms with van der Waals surface area (Å²) in [4.78, 5) is 12.1. The Kier molecular flexibility index (Phi) is 9.37. The van der Waals surface area contributed by atoms with Crippen molar-refractivity contribution in [3.8, 4) is 0 Å². The molecule has 0 amide bonds. The third kappa shape index (κ3) is 6.38. The molecule has 3 aromatic rings. The molecule has 0 saturated carbocycles. The van der Waals surface area contributed by atoms with Crippen molar-refractivity contribution >= 4 is 46.5 Å². The quantitative estimate of drug-likeness (QED) is 0.231. The number of aromatic amines is 1. The zero-order valence-corrected chi connectivity index (χ0v) is 21.7. The molecule has 0 spiro atoms. The molecule has 33 heavy (non-hydrogen) atoms. The van der Waals surface area contributed by atoms with E-state index in [1.54, 1.807) is 13.1 Å². The molecule has 8 heteroatoms. The van der Waals surface area contributed by atoms with Crippen LogP contribution in [0.15, 0.2) is 53.7 Å². The molecule has 0 unspecified atom stereocenters. The summed E-state index contributed by atoms with van der Waals surface area (Å²) < 4.78 is 14.8. The predicted octanol–water partition coefficient (Wildman–Crippen LogP) is 3.97. The molecule has 0 bridgehead atoms.